The monoisotopic (exact) mass is 394 g/mol. The summed E-state index contributed by atoms with van der Waals surface area (Å²) in [6.45, 7) is 3.05. The lowest BCUT2D eigenvalue weighted by Gasteiger charge is -2.19. The lowest BCUT2D eigenvalue weighted by molar-refractivity contribution is -0.121. The summed E-state index contributed by atoms with van der Waals surface area (Å²) in [7, 11) is 0. The topological polar surface area (TPSA) is 59.0 Å². The number of carbonyl (C=O) groups is 1. The van der Waals surface area contributed by atoms with Crippen LogP contribution in [0.5, 0.6) is 0 Å². The van der Waals surface area contributed by atoms with E-state index in [0.29, 0.717) is 18.0 Å². The lowest BCUT2D eigenvalue weighted by Crippen LogP contribution is -2.28. The van der Waals surface area contributed by atoms with Crippen LogP contribution in [0.25, 0.3) is 0 Å². The van der Waals surface area contributed by atoms with Crippen LogP contribution >= 0.6 is 11.6 Å². The molecule has 0 saturated heterocycles. The summed E-state index contributed by atoms with van der Waals surface area (Å²) in [6, 6.07) is 19.8. The number of aromatic nitrogens is 2. The molecular weight excluding hydrogens is 372 g/mol. The molecular formula is C22H23ClN4O. The van der Waals surface area contributed by atoms with E-state index >= 15 is 0 Å². The highest BCUT2D eigenvalue weighted by molar-refractivity contribution is 6.31. The molecule has 2 heterocycles. The minimum atomic E-state index is -0.0886. The van der Waals surface area contributed by atoms with Gasteiger partial charge in [0.25, 0.3) is 0 Å². The molecule has 144 valence electrons. The molecule has 28 heavy (non-hydrogen) atoms. The van der Waals surface area contributed by atoms with Crippen molar-refractivity contribution in [3.8, 4) is 0 Å². The minimum Gasteiger partial charge on any atom is -0.350 e. The molecule has 0 unspecified atom stereocenters. The quantitative estimate of drug-likeness (QED) is 0.673. The molecule has 1 amide bonds. The Hall–Kier alpha value is -2.63. The average molecular weight is 395 g/mol. The first kappa shape index (κ1) is 18.7. The number of fused-ring (bicyclic) bond motifs is 1. The predicted molar refractivity (Wildman–Crippen MR) is 110 cm³/mol. The van der Waals surface area contributed by atoms with Crippen molar-refractivity contribution in [2.75, 3.05) is 6.54 Å². The minimum absolute atomic E-state index is 0.0159. The number of rotatable bonds is 6. The molecule has 0 spiro atoms. The summed E-state index contributed by atoms with van der Waals surface area (Å²) in [5.74, 6) is -0.104. The van der Waals surface area contributed by atoms with Gasteiger partial charge < -0.3 is 10.6 Å². The Morgan fingerprint density at radius 1 is 1.18 bits per heavy atom. The molecule has 2 N–H and O–H groups in total. The normalized spacial score (nSPS) is 14.3. The van der Waals surface area contributed by atoms with E-state index in [1.54, 1.807) is 0 Å². The number of nitrogens with zero attached hydrogens (tertiary/aromatic N) is 2. The second-order valence-electron chi connectivity index (χ2n) is 6.99. The van der Waals surface area contributed by atoms with E-state index in [9.17, 15) is 4.79 Å². The van der Waals surface area contributed by atoms with Gasteiger partial charge in [-0.3, -0.25) is 9.48 Å². The van der Waals surface area contributed by atoms with Gasteiger partial charge in [0.1, 0.15) is 0 Å². The molecule has 5 nitrogen and oxygen atoms in total. The number of amides is 1. The average Bonchev–Trinajstić information content (AvgIpc) is 3.15. The van der Waals surface area contributed by atoms with Gasteiger partial charge in [0.05, 0.1) is 24.5 Å². The van der Waals surface area contributed by atoms with Crippen LogP contribution in [-0.4, -0.2) is 22.2 Å². The highest BCUT2D eigenvalue weighted by Gasteiger charge is 2.20. The van der Waals surface area contributed by atoms with Crippen LogP contribution < -0.4 is 10.6 Å². The van der Waals surface area contributed by atoms with Crippen LogP contribution in [-0.2, 0) is 24.4 Å². The number of hydrogen-bond acceptors (Lipinski definition) is 3. The Balaban J connectivity index is 1.46. The van der Waals surface area contributed by atoms with Crippen LogP contribution in [0, 0.1) is 0 Å². The van der Waals surface area contributed by atoms with Crippen molar-refractivity contribution >= 4 is 17.5 Å². The third-order valence-corrected chi connectivity index (χ3v) is 5.40. The third kappa shape index (κ3) is 4.26. The van der Waals surface area contributed by atoms with E-state index < -0.39 is 0 Å². The van der Waals surface area contributed by atoms with Gasteiger partial charge in [0, 0.05) is 30.5 Å². The van der Waals surface area contributed by atoms with E-state index in [4.69, 9.17) is 11.6 Å². The zero-order valence-corrected chi connectivity index (χ0v) is 16.3. The van der Waals surface area contributed by atoms with Crippen molar-refractivity contribution in [3.63, 3.8) is 0 Å². The first-order valence-electron chi connectivity index (χ1n) is 9.53. The van der Waals surface area contributed by atoms with Crippen LogP contribution in [0.4, 0.5) is 0 Å². The second-order valence-corrected chi connectivity index (χ2v) is 7.40. The van der Waals surface area contributed by atoms with Gasteiger partial charge in [-0.1, -0.05) is 60.1 Å². The van der Waals surface area contributed by atoms with Gasteiger partial charge in [-0.2, -0.15) is 5.10 Å². The van der Waals surface area contributed by atoms with E-state index in [-0.39, 0.29) is 11.8 Å². The number of hydrogen-bond donors (Lipinski definition) is 2. The third-order valence-electron chi connectivity index (χ3n) is 5.06. The molecule has 4 rings (SSSR count). The van der Waals surface area contributed by atoms with E-state index in [2.05, 4.69) is 21.8 Å². The van der Waals surface area contributed by atoms with E-state index in [1.807, 2.05) is 59.3 Å². The Bertz CT molecular complexity index is 931. The smallest absolute Gasteiger partial charge is 0.221 e. The maximum atomic E-state index is 12.7. The van der Waals surface area contributed by atoms with Crippen molar-refractivity contribution in [3.05, 3.63) is 88.2 Å². The molecule has 0 bridgehead atoms. The van der Waals surface area contributed by atoms with Crippen molar-refractivity contribution in [2.24, 2.45) is 0 Å². The molecule has 0 saturated carbocycles. The summed E-state index contributed by atoms with van der Waals surface area (Å²) in [5.41, 5.74) is 4.10. The fourth-order valence-electron chi connectivity index (χ4n) is 3.64. The molecule has 1 aromatic heterocycles. The molecule has 1 aliphatic rings. The van der Waals surface area contributed by atoms with E-state index in [0.717, 1.165) is 42.1 Å². The molecule has 3 aromatic rings. The van der Waals surface area contributed by atoms with Gasteiger partial charge in [-0.25, -0.2) is 0 Å². The Morgan fingerprint density at radius 3 is 2.75 bits per heavy atom. The van der Waals surface area contributed by atoms with Gasteiger partial charge in [-0.05, 0) is 23.3 Å². The fraction of sp³-hybridized carbons (Fsp3) is 0.273. The summed E-state index contributed by atoms with van der Waals surface area (Å²) < 4.78 is 2.01. The molecule has 0 radical (unpaired) electrons. The van der Waals surface area contributed by atoms with E-state index in [1.165, 1.54) is 0 Å². The number of benzene rings is 2. The van der Waals surface area contributed by atoms with Crippen LogP contribution in [0.3, 0.4) is 0 Å². The summed E-state index contributed by atoms with van der Waals surface area (Å²) in [6.07, 6.45) is 0.336. The molecule has 2 aromatic carbocycles. The summed E-state index contributed by atoms with van der Waals surface area (Å²) in [4.78, 5) is 12.7. The first-order valence-corrected chi connectivity index (χ1v) is 9.91. The SMILES string of the molecule is O=C(C[C@H](c1ccccc1)c1ccccc1Cl)NCc1cc2n(n1)CCNC2. The van der Waals surface area contributed by atoms with Gasteiger partial charge in [-0.15, -0.1) is 0 Å². The Kier molecular flexibility index (Phi) is 5.74. The van der Waals surface area contributed by atoms with Crippen molar-refractivity contribution in [2.45, 2.75) is 32.0 Å². The van der Waals surface area contributed by atoms with Crippen molar-refractivity contribution in [1.29, 1.82) is 0 Å². The number of halogens is 1. The van der Waals surface area contributed by atoms with Crippen LogP contribution in [0.15, 0.2) is 60.7 Å². The Morgan fingerprint density at radius 2 is 1.96 bits per heavy atom. The van der Waals surface area contributed by atoms with Crippen molar-refractivity contribution < 1.29 is 4.79 Å². The van der Waals surface area contributed by atoms with Gasteiger partial charge in [0.2, 0.25) is 5.91 Å². The van der Waals surface area contributed by atoms with Crippen molar-refractivity contribution in [1.82, 2.24) is 20.4 Å². The maximum Gasteiger partial charge on any atom is 0.221 e. The summed E-state index contributed by atoms with van der Waals surface area (Å²) >= 11 is 6.43. The standard InChI is InChI=1S/C22H23ClN4O/c23-21-9-5-4-8-19(21)20(16-6-2-1-3-7-16)13-22(28)25-14-17-12-18-15-24-10-11-27(18)26-17/h1-9,12,20,24H,10-11,13-15H2,(H,25,28)/t20-/m1/s1. The molecule has 0 fully saturated rings. The zero-order chi connectivity index (χ0) is 19.3. The number of carbonyl (C=O) groups excluding carboxylic acids is 1. The molecule has 6 heteroatoms. The maximum absolute atomic E-state index is 12.7. The highest BCUT2D eigenvalue weighted by Crippen LogP contribution is 2.32. The largest absolute Gasteiger partial charge is 0.350 e. The zero-order valence-electron chi connectivity index (χ0n) is 15.6. The Labute approximate surface area is 169 Å². The lowest BCUT2D eigenvalue weighted by atomic mass is 9.88. The summed E-state index contributed by atoms with van der Waals surface area (Å²) in [5, 5.41) is 11.6. The highest BCUT2D eigenvalue weighted by atomic mass is 35.5. The van der Waals surface area contributed by atoms with Gasteiger partial charge in [0.15, 0.2) is 0 Å². The van der Waals surface area contributed by atoms with Gasteiger partial charge >= 0.3 is 0 Å². The number of nitrogens with one attached hydrogen (secondary N) is 2. The van der Waals surface area contributed by atoms with Crippen LogP contribution in [0.1, 0.15) is 34.9 Å². The predicted octanol–water partition coefficient (Wildman–Crippen LogP) is 3.48. The molecule has 1 aliphatic heterocycles. The second kappa shape index (κ2) is 8.59. The first-order chi connectivity index (χ1) is 13.7. The van der Waals surface area contributed by atoms with Crippen LogP contribution in [0.2, 0.25) is 5.02 Å². The molecule has 1 atom stereocenters. The fourth-order valence-corrected chi connectivity index (χ4v) is 3.90. The molecule has 0 aliphatic carbocycles.